The molecule has 0 unspecified atom stereocenters. The molecule has 0 aliphatic carbocycles. The van der Waals surface area contributed by atoms with E-state index < -0.39 is 0 Å². The van der Waals surface area contributed by atoms with Crippen LogP contribution in [0.2, 0.25) is 0 Å². The molecule has 0 radical (unpaired) electrons. The van der Waals surface area contributed by atoms with Crippen molar-refractivity contribution in [2.75, 3.05) is 37.4 Å². The summed E-state index contributed by atoms with van der Waals surface area (Å²) < 4.78 is 0. The first kappa shape index (κ1) is 9.83. The molecule has 2 amide bonds. The second-order valence-electron chi connectivity index (χ2n) is 3.65. The van der Waals surface area contributed by atoms with E-state index in [0.717, 1.165) is 24.5 Å². The molecular formula is C11H15N3O. The van der Waals surface area contributed by atoms with Gasteiger partial charge in [-0.25, -0.2) is 4.79 Å². The van der Waals surface area contributed by atoms with Crippen molar-refractivity contribution in [3.63, 3.8) is 0 Å². The molecule has 15 heavy (non-hydrogen) atoms. The van der Waals surface area contributed by atoms with Crippen molar-refractivity contribution in [3.8, 4) is 0 Å². The first-order valence-electron chi connectivity index (χ1n) is 5.03. The Bertz CT molecular complexity index is 361. The number of urea groups is 1. The maximum atomic E-state index is 11.7. The van der Waals surface area contributed by atoms with Crippen LogP contribution in [-0.4, -0.2) is 38.1 Å². The van der Waals surface area contributed by atoms with Crippen molar-refractivity contribution in [2.24, 2.45) is 0 Å². The van der Waals surface area contributed by atoms with Crippen molar-refractivity contribution in [1.29, 1.82) is 0 Å². The monoisotopic (exact) mass is 205 g/mol. The summed E-state index contributed by atoms with van der Waals surface area (Å²) in [4.78, 5) is 15.2. The van der Waals surface area contributed by atoms with Crippen LogP contribution in [0.4, 0.5) is 16.2 Å². The molecule has 4 nitrogen and oxygen atoms in total. The normalized spacial score (nSPS) is 16.0. The van der Waals surface area contributed by atoms with E-state index in [-0.39, 0.29) is 6.03 Å². The van der Waals surface area contributed by atoms with Crippen molar-refractivity contribution in [3.05, 3.63) is 24.3 Å². The summed E-state index contributed by atoms with van der Waals surface area (Å²) >= 11 is 0. The molecule has 1 N–H and O–H groups in total. The van der Waals surface area contributed by atoms with Crippen LogP contribution in [0.25, 0.3) is 0 Å². The zero-order chi connectivity index (χ0) is 10.8. The van der Waals surface area contributed by atoms with E-state index in [4.69, 9.17) is 0 Å². The van der Waals surface area contributed by atoms with Crippen LogP contribution in [0, 0.1) is 0 Å². The van der Waals surface area contributed by atoms with Crippen molar-refractivity contribution >= 4 is 17.4 Å². The predicted octanol–water partition coefficient (Wildman–Crippen LogP) is 1.60. The Hall–Kier alpha value is -1.71. The van der Waals surface area contributed by atoms with E-state index in [0.29, 0.717) is 0 Å². The van der Waals surface area contributed by atoms with E-state index in [1.165, 1.54) is 0 Å². The molecule has 0 atom stereocenters. The highest BCUT2D eigenvalue weighted by atomic mass is 16.2. The number of hydrogen-bond donors (Lipinski definition) is 1. The van der Waals surface area contributed by atoms with E-state index in [2.05, 4.69) is 5.32 Å². The van der Waals surface area contributed by atoms with Crippen LogP contribution in [0.15, 0.2) is 24.3 Å². The Morgan fingerprint density at radius 2 is 1.87 bits per heavy atom. The molecule has 0 aromatic heterocycles. The van der Waals surface area contributed by atoms with E-state index in [1.807, 2.05) is 38.4 Å². The number of anilines is 2. The summed E-state index contributed by atoms with van der Waals surface area (Å²) in [6.45, 7) is 1.57. The molecule has 1 saturated heterocycles. The van der Waals surface area contributed by atoms with Crippen LogP contribution in [0.3, 0.4) is 0 Å². The molecule has 0 spiro atoms. The van der Waals surface area contributed by atoms with Gasteiger partial charge in [-0.2, -0.15) is 0 Å². The number of likely N-dealkylation sites (N-methyl/N-ethyl adjacent to an activating group) is 1. The Labute approximate surface area is 89.5 Å². The third-order valence-electron chi connectivity index (χ3n) is 2.68. The van der Waals surface area contributed by atoms with Crippen LogP contribution >= 0.6 is 0 Å². The molecule has 2 rings (SSSR count). The lowest BCUT2D eigenvalue weighted by atomic mass is 10.2. The van der Waals surface area contributed by atoms with Crippen LogP contribution in [0.1, 0.15) is 0 Å². The number of carbonyl (C=O) groups is 1. The zero-order valence-electron chi connectivity index (χ0n) is 9.03. The maximum Gasteiger partial charge on any atom is 0.324 e. The highest BCUT2D eigenvalue weighted by Crippen LogP contribution is 2.21. The van der Waals surface area contributed by atoms with Gasteiger partial charge in [0, 0.05) is 38.6 Å². The molecule has 1 aliphatic heterocycles. The lowest BCUT2D eigenvalue weighted by molar-refractivity contribution is 0.229. The first-order valence-corrected chi connectivity index (χ1v) is 5.03. The highest BCUT2D eigenvalue weighted by molar-refractivity contribution is 5.94. The van der Waals surface area contributed by atoms with Crippen molar-refractivity contribution < 1.29 is 4.79 Å². The molecule has 1 aliphatic rings. The molecule has 1 fully saturated rings. The third kappa shape index (κ3) is 1.75. The SMILES string of the molecule is CNc1ccc(N2CCN(C)C2=O)cc1. The first-order chi connectivity index (χ1) is 7.22. The summed E-state index contributed by atoms with van der Waals surface area (Å²) in [5.74, 6) is 0. The van der Waals surface area contributed by atoms with E-state index in [9.17, 15) is 4.79 Å². The summed E-state index contributed by atoms with van der Waals surface area (Å²) in [7, 11) is 3.70. The van der Waals surface area contributed by atoms with Crippen molar-refractivity contribution in [2.45, 2.75) is 0 Å². The molecule has 1 aromatic rings. The zero-order valence-corrected chi connectivity index (χ0v) is 9.03. The van der Waals surface area contributed by atoms with Gasteiger partial charge in [0.05, 0.1) is 0 Å². The number of benzene rings is 1. The Morgan fingerprint density at radius 3 is 2.33 bits per heavy atom. The summed E-state index contributed by atoms with van der Waals surface area (Å²) in [6.07, 6.45) is 0. The topological polar surface area (TPSA) is 35.6 Å². The number of nitrogens with one attached hydrogen (secondary N) is 1. The standard InChI is InChI=1S/C11H15N3O/c1-12-9-3-5-10(6-4-9)14-8-7-13(2)11(14)15/h3-6,12H,7-8H2,1-2H3. The van der Waals surface area contributed by atoms with Gasteiger partial charge < -0.3 is 10.2 Å². The highest BCUT2D eigenvalue weighted by Gasteiger charge is 2.26. The molecule has 80 valence electrons. The van der Waals surface area contributed by atoms with Crippen LogP contribution < -0.4 is 10.2 Å². The lowest BCUT2D eigenvalue weighted by Crippen LogP contribution is -2.29. The van der Waals surface area contributed by atoms with Gasteiger partial charge in [-0.3, -0.25) is 4.90 Å². The average molecular weight is 205 g/mol. The third-order valence-corrected chi connectivity index (χ3v) is 2.68. The number of amides is 2. The predicted molar refractivity (Wildman–Crippen MR) is 61.4 cm³/mol. The second kappa shape index (κ2) is 3.81. The minimum atomic E-state index is 0.0761. The molecular weight excluding hydrogens is 190 g/mol. The van der Waals surface area contributed by atoms with Gasteiger partial charge in [0.15, 0.2) is 0 Å². The number of rotatable bonds is 2. The van der Waals surface area contributed by atoms with Gasteiger partial charge in [0.25, 0.3) is 0 Å². The van der Waals surface area contributed by atoms with E-state index in [1.54, 1.807) is 9.80 Å². The largest absolute Gasteiger partial charge is 0.388 e. The fraction of sp³-hybridized carbons (Fsp3) is 0.364. The van der Waals surface area contributed by atoms with Gasteiger partial charge >= 0.3 is 6.03 Å². The van der Waals surface area contributed by atoms with Gasteiger partial charge in [0.1, 0.15) is 0 Å². The minimum absolute atomic E-state index is 0.0761. The van der Waals surface area contributed by atoms with Gasteiger partial charge in [-0.15, -0.1) is 0 Å². The lowest BCUT2D eigenvalue weighted by Gasteiger charge is -2.16. The molecule has 0 bridgehead atoms. The summed E-state index contributed by atoms with van der Waals surface area (Å²) in [6, 6.07) is 7.94. The number of carbonyl (C=O) groups excluding carboxylic acids is 1. The fourth-order valence-corrected chi connectivity index (χ4v) is 1.69. The van der Waals surface area contributed by atoms with Gasteiger partial charge in [0.2, 0.25) is 0 Å². The van der Waals surface area contributed by atoms with Gasteiger partial charge in [-0.05, 0) is 24.3 Å². The minimum Gasteiger partial charge on any atom is -0.388 e. The van der Waals surface area contributed by atoms with Crippen LogP contribution in [0.5, 0.6) is 0 Å². The molecule has 4 heteroatoms. The molecule has 1 aromatic carbocycles. The molecule has 0 saturated carbocycles. The number of nitrogens with zero attached hydrogens (tertiary/aromatic N) is 2. The van der Waals surface area contributed by atoms with Crippen molar-refractivity contribution in [1.82, 2.24) is 4.90 Å². The Morgan fingerprint density at radius 1 is 1.20 bits per heavy atom. The quantitative estimate of drug-likeness (QED) is 0.796. The Kier molecular flexibility index (Phi) is 2.49. The smallest absolute Gasteiger partial charge is 0.324 e. The van der Waals surface area contributed by atoms with E-state index >= 15 is 0 Å². The fourth-order valence-electron chi connectivity index (χ4n) is 1.69. The second-order valence-corrected chi connectivity index (χ2v) is 3.65. The summed E-state index contributed by atoms with van der Waals surface area (Å²) in [5, 5.41) is 3.05. The number of hydrogen-bond acceptors (Lipinski definition) is 2. The Balaban J connectivity index is 2.19. The summed E-state index contributed by atoms with van der Waals surface area (Å²) in [5.41, 5.74) is 2.02. The molecule has 1 heterocycles. The maximum absolute atomic E-state index is 11.7. The average Bonchev–Trinajstić information content (AvgIpc) is 2.60. The van der Waals surface area contributed by atoms with Gasteiger partial charge in [-0.1, -0.05) is 0 Å². The van der Waals surface area contributed by atoms with Crippen LogP contribution in [-0.2, 0) is 0 Å².